The number of carboxylic acid groups (broad SMARTS) is 4. The van der Waals surface area contributed by atoms with Gasteiger partial charge in [0.1, 0.15) is 67.3 Å². The fourth-order valence-electron chi connectivity index (χ4n) is 14.4. The molecule has 8 atom stereocenters. The van der Waals surface area contributed by atoms with Gasteiger partial charge in [0.15, 0.2) is 0 Å². The lowest BCUT2D eigenvalue weighted by Gasteiger charge is -2.35. The summed E-state index contributed by atoms with van der Waals surface area (Å²) in [6.07, 6.45) is 17.1. The van der Waals surface area contributed by atoms with Crippen molar-refractivity contribution < 1.29 is 129 Å². The molecule has 0 aliphatic rings. The minimum atomic E-state index is -4.49. The van der Waals surface area contributed by atoms with Crippen molar-refractivity contribution in [2.45, 2.75) is 261 Å². The van der Waals surface area contributed by atoms with Gasteiger partial charge in [0.05, 0.1) is 59.0 Å². The van der Waals surface area contributed by atoms with Crippen LogP contribution in [0.2, 0.25) is 0 Å². The van der Waals surface area contributed by atoms with Crippen LogP contribution in [0.1, 0.15) is 210 Å². The largest absolute Gasteiger partial charge is 0.481 e. The lowest BCUT2D eigenvalue weighted by atomic mass is 10.00. The number of fused-ring (bicyclic) bond motifs is 1. The number of aliphatic carboxylic acids is 4. The highest BCUT2D eigenvalue weighted by molar-refractivity contribution is 7.85. The number of aromatic amines is 1. The molecule has 0 unspecified atom stereocenters. The van der Waals surface area contributed by atoms with E-state index in [1.54, 1.807) is 74.6 Å². The number of nitrogens with two attached hydrogens (primary N) is 1. The molecule has 734 valence electrons. The molecule has 0 fully saturated rings. The van der Waals surface area contributed by atoms with Crippen molar-refractivity contribution in [1.82, 2.24) is 62.6 Å². The number of carbonyl (C=O) groups is 16. The molecule has 0 saturated heterocycles. The fourth-order valence-corrected chi connectivity index (χ4v) is 15.0. The number of likely N-dealkylation sites (N-methyl/N-ethyl adjacent to an activating group) is 2. The molecule has 1 aromatic heterocycles. The molecule has 41 heteroatoms. The number of para-hydroxylation sites is 1. The number of H-pyrrole nitrogens is 1. The Bertz CT molecular complexity index is 4420. The third-order valence-corrected chi connectivity index (χ3v) is 22.2. The van der Waals surface area contributed by atoms with Crippen LogP contribution in [0.4, 0.5) is 0 Å². The van der Waals surface area contributed by atoms with Crippen molar-refractivity contribution in [2.75, 3.05) is 86.6 Å². The van der Waals surface area contributed by atoms with Crippen LogP contribution in [0.5, 0.6) is 0 Å². The van der Waals surface area contributed by atoms with Gasteiger partial charge in [-0.3, -0.25) is 76.5 Å². The number of nitrogens with zero attached hydrogens (tertiary/aromatic N) is 2. The van der Waals surface area contributed by atoms with Gasteiger partial charge >= 0.3 is 23.9 Å². The number of hydrogen-bond acceptors (Lipinski definition) is 22. The van der Waals surface area contributed by atoms with Crippen LogP contribution >= 0.6 is 0 Å². The number of carbonyl (C=O) groups excluding carboxylic acids is 12. The summed E-state index contributed by atoms with van der Waals surface area (Å²) in [6.45, 7) is 3.40. The van der Waals surface area contributed by atoms with Crippen LogP contribution in [0.25, 0.3) is 10.9 Å². The van der Waals surface area contributed by atoms with Crippen LogP contribution < -0.4 is 53.6 Å². The second kappa shape index (κ2) is 63.5. The summed E-state index contributed by atoms with van der Waals surface area (Å²) < 4.78 is 54.6. The van der Waals surface area contributed by atoms with Crippen LogP contribution in [0.3, 0.4) is 0 Å². The molecule has 0 spiro atoms. The van der Waals surface area contributed by atoms with Crippen LogP contribution in [0.15, 0.2) is 85.1 Å². The molecule has 17 N–H and O–H groups in total. The number of amides is 12. The van der Waals surface area contributed by atoms with Gasteiger partial charge in [0, 0.05) is 82.8 Å². The van der Waals surface area contributed by atoms with Crippen LogP contribution in [0, 0.1) is 5.92 Å². The van der Waals surface area contributed by atoms with Gasteiger partial charge in [-0.25, -0.2) is 4.79 Å². The smallest absolute Gasteiger partial charge is 0.326 e. The number of primary amides is 1. The zero-order valence-corrected chi connectivity index (χ0v) is 77.2. The standard InChI is InChI=1S/C91H137N13O27S/c1-6-7-32-68(89(121)104(5)75(55-83(114)115)90(122)103(4)74(84(92)116)52-62-29-23-22-24-30-62)100-87(119)72(53-65-56-95-67-33-28-27-31-66(65)67)98-78(107)57-96-85(117)70(50-61(2)3)101-86(118)71(51-63-36-38-64(39-37-63)60-132(125,126)127)102-88(120)73(54-82(112)113)99-80(109)59-131-49-47-129-45-43-94-79(108)58-130-48-46-128-44-42-93-76(105)41-40-69(91(123)124)97-77(106)34-25-20-18-16-14-12-10-8-9-11-13-15-17-19-21-26-35-81(110)111/h22-24,27-31,33,36-39,56,61,68-75,95H,6-21,25-26,32,34-35,40-55,57-60H2,1-5H3,(H2,92,116)(H,93,105)(H,94,108)(H,96,117)(H,97,106)(H,98,107)(H,99,109)(H,100,119)(H,101,118)(H,102,120)(H,110,111)(H,112,113)(H,114,115)(H,123,124)(H,125,126,127)/t68-,69-,70-,71-,72-,73-,74-,75+/m0/s1. The monoisotopic (exact) mass is 1880 g/mol. The van der Waals surface area contributed by atoms with Crippen molar-refractivity contribution >= 4 is 116 Å². The Balaban J connectivity index is 1.25. The first kappa shape index (κ1) is 113. The second-order valence-corrected chi connectivity index (χ2v) is 34.5. The van der Waals surface area contributed by atoms with Crippen molar-refractivity contribution in [3.05, 3.63) is 107 Å². The number of nitrogens with one attached hydrogen (secondary N) is 10. The number of hydrogen-bond donors (Lipinski definition) is 16. The van der Waals surface area contributed by atoms with Gasteiger partial charge < -0.3 is 108 Å². The van der Waals surface area contributed by atoms with E-state index in [9.17, 15) is 105 Å². The molecule has 0 radical (unpaired) electrons. The molecule has 1 heterocycles. The number of benzene rings is 3. The molecule has 4 rings (SSSR count). The Morgan fingerprint density at radius 3 is 1.45 bits per heavy atom. The first-order chi connectivity index (χ1) is 62.9. The lowest BCUT2D eigenvalue weighted by molar-refractivity contribution is -0.152. The van der Waals surface area contributed by atoms with Gasteiger partial charge in [-0.1, -0.05) is 196 Å². The highest BCUT2D eigenvalue weighted by atomic mass is 32.2. The average Bonchev–Trinajstić information content (AvgIpc) is 1.66. The van der Waals surface area contributed by atoms with Gasteiger partial charge in [-0.15, -0.1) is 0 Å². The average molecular weight is 1880 g/mol. The van der Waals surface area contributed by atoms with Crippen LogP contribution in [-0.4, -0.2) is 278 Å². The summed E-state index contributed by atoms with van der Waals surface area (Å²) in [6, 6.07) is 8.89. The lowest BCUT2D eigenvalue weighted by Crippen LogP contribution is -2.60. The maximum absolute atomic E-state index is 14.8. The zero-order valence-electron chi connectivity index (χ0n) is 76.4. The van der Waals surface area contributed by atoms with E-state index in [0.717, 1.165) is 61.2 Å². The zero-order chi connectivity index (χ0) is 97.3. The van der Waals surface area contributed by atoms with E-state index >= 15 is 0 Å². The van der Waals surface area contributed by atoms with E-state index in [1.807, 2.05) is 6.92 Å². The van der Waals surface area contributed by atoms with Crippen molar-refractivity contribution in [3.8, 4) is 0 Å². The first-order valence-electron chi connectivity index (χ1n) is 45.2. The minimum Gasteiger partial charge on any atom is -0.481 e. The van der Waals surface area contributed by atoms with Crippen LogP contribution in [-0.2, 0) is 131 Å². The highest BCUT2D eigenvalue weighted by Gasteiger charge is 2.40. The molecule has 0 aliphatic heterocycles. The van der Waals surface area contributed by atoms with E-state index in [0.29, 0.717) is 41.3 Å². The SMILES string of the molecule is CCCC[C@H](NC(=O)[C@H](Cc1c[nH]c2ccccc12)NC(=O)CNC(=O)[C@H](CC(C)C)NC(=O)[C@H](Cc1ccc(CS(=O)(=O)O)cc1)NC(=O)[C@H](CC(=O)O)NC(=O)COCCOCCNC(=O)COCCOCCNC(=O)CC[C@H](NC(=O)CCCCCCCCCCCCCCCCCCC(=O)O)C(=O)O)C(=O)N(C)[C@H](CC(=O)O)C(=O)N(C)[C@@H](Cc1ccccc1)C(N)=O. The minimum absolute atomic E-state index is 0.00333. The number of unbranched alkanes of at least 4 members (excludes halogenated alkanes) is 16. The Morgan fingerprint density at radius 1 is 0.424 bits per heavy atom. The van der Waals surface area contributed by atoms with E-state index in [2.05, 4.69) is 52.8 Å². The second-order valence-electron chi connectivity index (χ2n) is 33.0. The molecular weight excluding hydrogens is 1740 g/mol. The van der Waals surface area contributed by atoms with Gasteiger partial charge in [-0.05, 0) is 66.3 Å². The molecule has 132 heavy (non-hydrogen) atoms. The quantitative estimate of drug-likeness (QED) is 0.0217. The Labute approximate surface area is 770 Å². The summed E-state index contributed by atoms with van der Waals surface area (Å²) >= 11 is 0. The van der Waals surface area contributed by atoms with E-state index in [1.165, 1.54) is 83.3 Å². The summed E-state index contributed by atoms with van der Waals surface area (Å²) in [5.74, 6) is -16.1. The Kier molecular flexibility index (Phi) is 54.3. The van der Waals surface area contributed by atoms with Crippen molar-refractivity contribution in [2.24, 2.45) is 11.7 Å². The summed E-state index contributed by atoms with van der Waals surface area (Å²) in [5.41, 5.74) is 8.01. The molecule has 40 nitrogen and oxygen atoms in total. The number of rotatable bonds is 73. The first-order valence-corrected chi connectivity index (χ1v) is 46.8. The number of carboxylic acids is 4. The normalized spacial score (nSPS) is 13.1. The van der Waals surface area contributed by atoms with Gasteiger partial charge in [-0.2, -0.15) is 8.42 Å². The molecule has 3 aromatic carbocycles. The Morgan fingerprint density at radius 2 is 0.902 bits per heavy atom. The molecule has 12 amide bonds. The topological polar surface area (TPSA) is 602 Å². The fraction of sp³-hybridized carbons (Fsp3) is 0.604. The van der Waals surface area contributed by atoms with Crippen molar-refractivity contribution in [3.63, 3.8) is 0 Å². The third kappa shape index (κ3) is 48.0. The van der Waals surface area contributed by atoms with E-state index in [-0.39, 0.29) is 134 Å². The predicted molar refractivity (Wildman–Crippen MR) is 485 cm³/mol. The molecule has 4 aromatic rings. The summed E-state index contributed by atoms with van der Waals surface area (Å²) in [4.78, 5) is 216. The van der Waals surface area contributed by atoms with Crippen molar-refractivity contribution in [1.29, 1.82) is 0 Å². The highest BCUT2D eigenvalue weighted by Crippen LogP contribution is 2.23. The van der Waals surface area contributed by atoms with E-state index in [4.69, 9.17) is 29.8 Å². The number of ether oxygens (including phenoxy) is 4. The summed E-state index contributed by atoms with van der Waals surface area (Å²) in [5, 5.41) is 61.9. The molecule has 0 bridgehead atoms. The van der Waals surface area contributed by atoms with E-state index < -0.39 is 185 Å². The van der Waals surface area contributed by atoms with Gasteiger partial charge in [0.25, 0.3) is 10.1 Å². The number of aromatic nitrogens is 1. The van der Waals surface area contributed by atoms with Gasteiger partial charge in [0.2, 0.25) is 70.9 Å². The molecule has 0 saturated carbocycles. The summed E-state index contributed by atoms with van der Waals surface area (Å²) in [7, 11) is -2.05. The maximum atomic E-state index is 14.8. The maximum Gasteiger partial charge on any atom is 0.326 e. The Hall–Kier alpha value is -11.5. The predicted octanol–water partition coefficient (Wildman–Crippen LogP) is 4.20. The molecular formula is C91H137N13O27S. The third-order valence-electron chi connectivity index (χ3n) is 21.5. The molecule has 0 aliphatic carbocycles.